The minimum Gasteiger partial charge on any atom is -0.192 e. The van der Waals surface area contributed by atoms with Crippen molar-refractivity contribution in [1.82, 2.24) is 0 Å². The van der Waals surface area contributed by atoms with Gasteiger partial charge in [-0.05, 0) is 0 Å². The van der Waals surface area contributed by atoms with E-state index in [0.717, 1.165) is 0 Å². The average Bonchev–Trinajstić information content (AvgIpc) is 2.58. The molecule has 212 valence electrons. The van der Waals surface area contributed by atoms with Crippen LogP contribution in [0.4, 0.5) is 106 Å². The van der Waals surface area contributed by atoms with Crippen molar-refractivity contribution in [2.45, 2.75) is 59.6 Å². The zero-order valence-electron chi connectivity index (χ0n) is 14.5. The Bertz CT molecular complexity index is 715. The van der Waals surface area contributed by atoms with Gasteiger partial charge in [0.15, 0.2) is 0 Å². The molecule has 0 aliphatic heterocycles. The maximum Gasteiger partial charge on any atom is 0.576 e. The predicted octanol–water partition coefficient (Wildman–Crippen LogP) is 7.69. The van der Waals surface area contributed by atoms with Gasteiger partial charge < -0.3 is 0 Å². The van der Waals surface area contributed by atoms with Gasteiger partial charge in [0.1, 0.15) is 0 Å². The Hall–Kier alpha value is -1.72. The summed E-state index contributed by atoms with van der Waals surface area (Å²) in [5, 5.41) is -7.38. The Morgan fingerprint density at radius 1 is 0.257 bits per heavy atom. The van der Waals surface area contributed by atoms with Crippen molar-refractivity contribution in [2.75, 3.05) is 0 Å². The summed E-state index contributed by atoms with van der Waals surface area (Å²) in [6, 6.07) is -8.65. The molecule has 0 radical (unpaired) electrons. The van der Waals surface area contributed by atoms with Crippen LogP contribution >= 0.6 is 0 Å². The van der Waals surface area contributed by atoms with Gasteiger partial charge in [-0.1, -0.05) is 0 Å². The molecule has 25 heteroatoms. The van der Waals surface area contributed by atoms with E-state index < -0.39 is 64.8 Å². The maximum absolute atomic E-state index is 13.2. The normalized spacial score (nSPS) is 17.1. The number of nitrogens with zero attached hydrogens (tertiary/aromatic N) is 1. The summed E-state index contributed by atoms with van der Waals surface area (Å²) in [7, 11) is 0. The van der Waals surface area contributed by atoms with E-state index in [0.29, 0.717) is 0 Å². The van der Waals surface area contributed by atoms with Crippen LogP contribution in [0.25, 0.3) is 0 Å². The number of hydrogen-bond acceptors (Lipinski definition) is 0. The highest BCUT2D eigenvalue weighted by Crippen LogP contribution is 2.66. The molecule has 0 aromatic rings. The van der Waals surface area contributed by atoms with Crippen LogP contribution in [0.15, 0.2) is 0 Å². The molecule has 1 nitrogen and oxygen atoms in total. The summed E-state index contributed by atoms with van der Waals surface area (Å²) >= 11 is 0. The summed E-state index contributed by atoms with van der Waals surface area (Å²) in [6.45, 7) is 0. The van der Waals surface area contributed by atoms with Crippen LogP contribution in [0.1, 0.15) is 0 Å². The second-order valence-corrected chi connectivity index (χ2v) is 6.08. The van der Waals surface area contributed by atoms with E-state index >= 15 is 0 Å². The largest absolute Gasteiger partial charge is 0.576 e. The first-order valence-corrected chi connectivity index (χ1v) is 6.95. The van der Waals surface area contributed by atoms with Gasteiger partial charge in [-0.3, -0.25) is 0 Å². The number of alkyl halides is 21. The molecule has 0 N–H and O–H groups in total. The molecule has 0 fully saturated rings. The summed E-state index contributed by atoms with van der Waals surface area (Å²) in [6.07, 6.45) is -8.11. The predicted molar refractivity (Wildman–Crippen MR) is 54.2 cm³/mol. The fourth-order valence-corrected chi connectivity index (χ4v) is 1.71. The maximum atomic E-state index is 13.2. The standard InChI is InChI=1S/C10F24N/c11-1(12,3(15,16)5(19,20)7(23,24)9(27,28)29)2(13,14)4(17,18)6(21,22)8(25,26)10(30,31)35(32,33)34/q+1. The van der Waals surface area contributed by atoms with Crippen molar-refractivity contribution in [2.24, 2.45) is 0 Å². The van der Waals surface area contributed by atoms with E-state index in [1.807, 2.05) is 0 Å². The van der Waals surface area contributed by atoms with Crippen molar-refractivity contribution in [1.29, 1.82) is 0 Å². The van der Waals surface area contributed by atoms with Crippen LogP contribution in [0.3, 0.4) is 0 Å². The van der Waals surface area contributed by atoms with Gasteiger partial charge in [0.25, 0.3) is 0 Å². The van der Waals surface area contributed by atoms with Crippen molar-refractivity contribution >= 4 is 0 Å². The molecule has 0 atom stereocenters. The number of hydrogen-bond donors (Lipinski definition) is 0. The molecule has 0 heterocycles. The number of rotatable bonds is 9. The smallest absolute Gasteiger partial charge is 0.192 e. The van der Waals surface area contributed by atoms with Crippen LogP contribution in [0.2, 0.25) is 0 Å². The lowest BCUT2D eigenvalue weighted by Gasteiger charge is -2.43. The van der Waals surface area contributed by atoms with E-state index in [2.05, 4.69) is 0 Å². The van der Waals surface area contributed by atoms with Crippen molar-refractivity contribution < 1.29 is 111 Å². The first-order valence-electron chi connectivity index (χ1n) is 6.95. The summed E-state index contributed by atoms with van der Waals surface area (Å²) in [5.74, 6) is -73.5. The third-order valence-electron chi connectivity index (χ3n) is 3.81. The second kappa shape index (κ2) is 7.64. The van der Waals surface area contributed by atoms with Crippen molar-refractivity contribution in [3.63, 3.8) is 0 Å². The quantitative estimate of drug-likeness (QED) is 0.147. The molecule has 0 spiro atoms. The van der Waals surface area contributed by atoms with E-state index in [1.165, 1.54) is 0 Å². The highest BCUT2D eigenvalue weighted by Gasteiger charge is 3.00. The van der Waals surface area contributed by atoms with Crippen LogP contribution in [-0.2, 0) is 0 Å². The SMILES string of the molecule is FC(F)(F)C(F)(F)C(F)(F)C(F)(F)C(F)(F)C(F)(F)C(F)(F)C(F)(F)C(F)(F)C(F)(F)[N+](F)(F)F. The van der Waals surface area contributed by atoms with Gasteiger partial charge in [-0.15, -0.1) is 8.78 Å². The molecule has 0 rings (SSSR count). The van der Waals surface area contributed by atoms with Crippen LogP contribution < -0.4 is 0 Å². The Balaban J connectivity index is 7.15. The lowest BCUT2D eigenvalue weighted by molar-refractivity contribution is -1.32. The van der Waals surface area contributed by atoms with Gasteiger partial charge in [0.05, 0.1) is 13.4 Å². The van der Waals surface area contributed by atoms with Gasteiger partial charge in [0, 0.05) is 0 Å². The fraction of sp³-hybridized carbons (Fsp3) is 1.00. The molecule has 35 heavy (non-hydrogen) atoms. The fourth-order valence-electron chi connectivity index (χ4n) is 1.71. The van der Waals surface area contributed by atoms with E-state index in [1.54, 1.807) is 0 Å². The molecule has 0 aliphatic rings. The molecule has 0 aliphatic carbocycles. The van der Waals surface area contributed by atoms with Gasteiger partial charge in [0.2, 0.25) is 0 Å². The molecule has 0 saturated carbocycles. The summed E-state index contributed by atoms with van der Waals surface area (Å²) in [4.78, 5) is 0. The minimum atomic E-state index is -9.48. The van der Waals surface area contributed by atoms with E-state index in [9.17, 15) is 106 Å². The topological polar surface area (TPSA) is 0 Å². The van der Waals surface area contributed by atoms with E-state index in [4.69, 9.17) is 0 Å². The zero-order valence-corrected chi connectivity index (χ0v) is 14.5. The first-order chi connectivity index (χ1) is 14.5. The molecular weight excluding hydrogens is 590 g/mol. The zero-order chi connectivity index (χ0) is 29.5. The monoisotopic (exact) mass is 590 g/mol. The minimum absolute atomic E-state index is 7.38. The molecular formula is C10F24N+. The summed E-state index contributed by atoms with van der Waals surface area (Å²) in [5.41, 5.74) is 0. The Kier molecular flexibility index (Phi) is 7.27. The number of halogens is 24. The van der Waals surface area contributed by atoms with Crippen LogP contribution in [0, 0.1) is 0 Å². The van der Waals surface area contributed by atoms with Crippen LogP contribution in [-0.4, -0.2) is 64.8 Å². The first kappa shape index (κ1) is 33.3. The lowest BCUT2D eigenvalue weighted by atomic mass is 9.87. The van der Waals surface area contributed by atoms with Crippen molar-refractivity contribution in [3.8, 4) is 0 Å². The second-order valence-electron chi connectivity index (χ2n) is 6.08. The Morgan fingerprint density at radius 2 is 0.429 bits per heavy atom. The highest BCUT2D eigenvalue weighted by atomic mass is 19.6. The van der Waals surface area contributed by atoms with E-state index in [-0.39, 0.29) is 0 Å². The molecule has 0 saturated heterocycles. The third kappa shape index (κ3) is 3.80. The molecule has 0 aromatic heterocycles. The molecule has 0 amide bonds. The highest BCUT2D eigenvalue weighted by molar-refractivity contribution is 5.17. The molecule has 0 unspecified atom stereocenters. The average molecular weight is 590 g/mol. The Morgan fingerprint density at radius 3 is 0.600 bits per heavy atom. The molecule has 0 bridgehead atoms. The van der Waals surface area contributed by atoms with Gasteiger partial charge in [-0.25, -0.2) is 0 Å². The van der Waals surface area contributed by atoms with Gasteiger partial charge in [-0.2, -0.15) is 83.4 Å². The number of quaternary nitrogens is 1. The van der Waals surface area contributed by atoms with Crippen LogP contribution in [0.5, 0.6) is 0 Å². The lowest BCUT2D eigenvalue weighted by Crippen LogP contribution is -2.77. The van der Waals surface area contributed by atoms with Crippen molar-refractivity contribution in [3.05, 3.63) is 0 Å². The molecule has 0 aromatic carbocycles. The van der Waals surface area contributed by atoms with Gasteiger partial charge >= 0.3 is 64.8 Å². The Labute approximate surface area is 172 Å². The summed E-state index contributed by atoms with van der Waals surface area (Å²) < 4.78 is 304. The third-order valence-corrected chi connectivity index (χ3v) is 3.81.